The van der Waals surface area contributed by atoms with Gasteiger partial charge in [0.2, 0.25) is 18.5 Å². The molecule has 2 aromatic carbocycles. The second-order valence-electron chi connectivity index (χ2n) is 7.78. The van der Waals surface area contributed by atoms with Crippen LogP contribution < -0.4 is 9.47 Å². The first-order valence-corrected chi connectivity index (χ1v) is 11.7. The van der Waals surface area contributed by atoms with Crippen molar-refractivity contribution < 1.29 is 27.5 Å². The summed E-state index contributed by atoms with van der Waals surface area (Å²) in [6, 6.07) is 12.0. The van der Waals surface area contributed by atoms with Gasteiger partial charge in [-0.15, -0.1) is 0 Å². The summed E-state index contributed by atoms with van der Waals surface area (Å²) >= 11 is 0. The first-order chi connectivity index (χ1) is 14.9. The molecule has 0 radical (unpaired) electrons. The Bertz CT molecular complexity index is 1210. The van der Waals surface area contributed by atoms with E-state index < -0.39 is 15.9 Å². The lowest BCUT2D eigenvalue weighted by Crippen LogP contribution is -2.24. The predicted molar refractivity (Wildman–Crippen MR) is 109 cm³/mol. The third-order valence-corrected chi connectivity index (χ3v) is 6.60. The zero-order valence-corrected chi connectivity index (χ0v) is 17.6. The number of hydrogen-bond donors (Lipinski definition) is 1. The van der Waals surface area contributed by atoms with Gasteiger partial charge in [-0.2, -0.15) is 4.98 Å². The Labute approximate surface area is 179 Å². The Morgan fingerprint density at radius 3 is 2.68 bits per heavy atom. The van der Waals surface area contributed by atoms with E-state index in [0.717, 1.165) is 11.1 Å². The lowest BCUT2D eigenvalue weighted by atomic mass is 10.1. The van der Waals surface area contributed by atoms with Crippen LogP contribution in [0.1, 0.15) is 23.9 Å². The van der Waals surface area contributed by atoms with Crippen molar-refractivity contribution in [1.29, 1.82) is 0 Å². The van der Waals surface area contributed by atoms with Crippen molar-refractivity contribution in [1.82, 2.24) is 15.0 Å². The molecule has 9 nitrogen and oxygen atoms in total. The third kappa shape index (κ3) is 4.01. The molecule has 1 fully saturated rings. The highest BCUT2D eigenvalue weighted by atomic mass is 32.2. The van der Waals surface area contributed by atoms with Crippen LogP contribution in [0.15, 0.2) is 51.9 Å². The summed E-state index contributed by atoms with van der Waals surface area (Å²) in [5.74, 6) is 2.18. The van der Waals surface area contributed by atoms with Crippen LogP contribution in [0, 0.1) is 0 Å². The zero-order valence-electron chi connectivity index (χ0n) is 16.8. The summed E-state index contributed by atoms with van der Waals surface area (Å²) in [7, 11) is -3.24. The first kappa shape index (κ1) is 20.0. The van der Waals surface area contributed by atoms with Crippen molar-refractivity contribution in [2.45, 2.75) is 30.0 Å². The molecule has 2 aliphatic heterocycles. The van der Waals surface area contributed by atoms with E-state index in [0.29, 0.717) is 42.7 Å². The molecular formula is C21H21N3O6S. The molecule has 0 saturated carbocycles. The topological polar surface area (TPSA) is 115 Å². The maximum Gasteiger partial charge on any atom is 0.244 e. The Hall–Kier alpha value is -2.95. The van der Waals surface area contributed by atoms with Gasteiger partial charge in [0, 0.05) is 24.9 Å². The lowest BCUT2D eigenvalue weighted by Gasteiger charge is -2.21. The number of aromatic nitrogens is 2. The minimum atomic E-state index is -3.24. The standard InChI is InChI=1S/C21H21N3O6S/c1-31(26,27)16-5-2-13(3-6-16)10-24-11-15(25)9-17(24)21-22-20(23-30-21)14-4-7-18-19(8-14)29-12-28-18/h2-8,15,17,25H,9-12H2,1H3. The average molecular weight is 443 g/mol. The van der Waals surface area contributed by atoms with E-state index in [9.17, 15) is 13.5 Å². The van der Waals surface area contributed by atoms with Gasteiger partial charge in [0.1, 0.15) is 0 Å². The number of aliphatic hydroxyl groups excluding tert-OH is 1. The number of fused-ring (bicyclic) bond motifs is 1. The molecule has 31 heavy (non-hydrogen) atoms. The molecule has 3 heterocycles. The van der Waals surface area contributed by atoms with Gasteiger partial charge in [0.05, 0.1) is 17.0 Å². The Morgan fingerprint density at radius 1 is 1.13 bits per heavy atom. The van der Waals surface area contributed by atoms with Crippen LogP contribution in [-0.4, -0.2) is 54.3 Å². The average Bonchev–Trinajstić information content (AvgIpc) is 3.46. The fraction of sp³-hybridized carbons (Fsp3) is 0.333. The monoisotopic (exact) mass is 443 g/mol. The minimum Gasteiger partial charge on any atom is -0.454 e. The molecule has 2 unspecified atom stereocenters. The van der Waals surface area contributed by atoms with Crippen LogP contribution in [0.25, 0.3) is 11.4 Å². The second kappa shape index (κ2) is 7.63. The Kier molecular flexibility index (Phi) is 4.92. The molecule has 1 N–H and O–H groups in total. The molecular weight excluding hydrogens is 422 g/mol. The number of hydrogen-bond acceptors (Lipinski definition) is 9. The number of aliphatic hydroxyl groups is 1. The van der Waals surface area contributed by atoms with Crippen LogP contribution in [0.4, 0.5) is 0 Å². The third-order valence-electron chi connectivity index (χ3n) is 5.48. The number of nitrogens with zero attached hydrogens (tertiary/aromatic N) is 3. The van der Waals surface area contributed by atoms with Crippen molar-refractivity contribution in [2.75, 3.05) is 19.6 Å². The Balaban J connectivity index is 1.35. The Morgan fingerprint density at radius 2 is 1.90 bits per heavy atom. The van der Waals surface area contributed by atoms with Crippen molar-refractivity contribution >= 4 is 9.84 Å². The molecule has 1 aromatic heterocycles. The number of benzene rings is 2. The summed E-state index contributed by atoms with van der Waals surface area (Å²) < 4.78 is 39.6. The van der Waals surface area contributed by atoms with E-state index >= 15 is 0 Å². The SMILES string of the molecule is CS(=O)(=O)c1ccc(CN2CC(O)CC2c2nc(-c3ccc4c(c3)OCO4)no2)cc1. The number of sulfone groups is 1. The number of rotatable bonds is 5. The van der Waals surface area contributed by atoms with Crippen LogP contribution >= 0.6 is 0 Å². The molecule has 162 valence electrons. The second-order valence-corrected chi connectivity index (χ2v) is 9.79. The van der Waals surface area contributed by atoms with Crippen LogP contribution in [0.3, 0.4) is 0 Å². The molecule has 0 spiro atoms. The quantitative estimate of drug-likeness (QED) is 0.633. The molecule has 10 heteroatoms. The summed E-state index contributed by atoms with van der Waals surface area (Å²) in [6.07, 6.45) is 1.15. The van der Waals surface area contributed by atoms with Crippen LogP contribution in [0.2, 0.25) is 0 Å². The molecule has 1 saturated heterocycles. The van der Waals surface area contributed by atoms with Crippen molar-refractivity contribution in [3.8, 4) is 22.9 Å². The highest BCUT2D eigenvalue weighted by Crippen LogP contribution is 2.37. The molecule has 0 bridgehead atoms. The van der Waals surface area contributed by atoms with E-state index in [1.165, 1.54) is 6.26 Å². The molecule has 0 aliphatic carbocycles. The van der Waals surface area contributed by atoms with Crippen LogP contribution in [0.5, 0.6) is 11.5 Å². The van der Waals surface area contributed by atoms with Gasteiger partial charge in [0.15, 0.2) is 21.3 Å². The minimum absolute atomic E-state index is 0.191. The number of ether oxygens (including phenoxy) is 2. The lowest BCUT2D eigenvalue weighted by molar-refractivity contribution is 0.169. The first-order valence-electron chi connectivity index (χ1n) is 9.81. The predicted octanol–water partition coefficient (Wildman–Crippen LogP) is 2.18. The summed E-state index contributed by atoms with van der Waals surface area (Å²) in [4.78, 5) is 6.88. The molecule has 0 amide bonds. The van der Waals surface area contributed by atoms with Gasteiger partial charge in [0.25, 0.3) is 0 Å². The van der Waals surface area contributed by atoms with Crippen LogP contribution in [-0.2, 0) is 16.4 Å². The maximum absolute atomic E-state index is 11.7. The number of likely N-dealkylation sites (tertiary alicyclic amines) is 1. The normalized spacial score (nSPS) is 21.0. The van der Waals surface area contributed by atoms with Crippen molar-refractivity contribution in [2.24, 2.45) is 0 Å². The van der Waals surface area contributed by atoms with Gasteiger partial charge < -0.3 is 19.1 Å². The fourth-order valence-corrected chi connectivity index (χ4v) is 4.54. The van der Waals surface area contributed by atoms with E-state index in [4.69, 9.17) is 14.0 Å². The molecule has 3 aromatic rings. The summed E-state index contributed by atoms with van der Waals surface area (Å²) in [5.41, 5.74) is 1.68. The van der Waals surface area contributed by atoms with Gasteiger partial charge in [-0.25, -0.2) is 8.42 Å². The van der Waals surface area contributed by atoms with E-state index in [2.05, 4.69) is 15.0 Å². The summed E-state index contributed by atoms with van der Waals surface area (Å²) in [6.45, 7) is 1.17. The zero-order chi connectivity index (χ0) is 21.6. The van der Waals surface area contributed by atoms with Gasteiger partial charge in [-0.1, -0.05) is 17.3 Å². The van der Waals surface area contributed by atoms with Gasteiger partial charge in [-0.05, 0) is 42.3 Å². The van der Waals surface area contributed by atoms with E-state index in [1.807, 2.05) is 12.1 Å². The largest absolute Gasteiger partial charge is 0.454 e. The maximum atomic E-state index is 11.7. The fourth-order valence-electron chi connectivity index (χ4n) is 3.91. The van der Waals surface area contributed by atoms with Crippen molar-refractivity contribution in [3.05, 3.63) is 53.9 Å². The summed E-state index contributed by atoms with van der Waals surface area (Å²) in [5, 5.41) is 14.4. The highest BCUT2D eigenvalue weighted by molar-refractivity contribution is 7.90. The molecule has 2 aliphatic rings. The number of β-amino-alcohol motifs (C(OH)–C–C–N with tert-alkyl or cyclic N) is 1. The smallest absolute Gasteiger partial charge is 0.244 e. The highest BCUT2D eigenvalue weighted by Gasteiger charge is 2.36. The molecule has 2 atom stereocenters. The van der Waals surface area contributed by atoms with Gasteiger partial charge in [-0.3, -0.25) is 4.90 Å². The van der Waals surface area contributed by atoms with E-state index in [-0.39, 0.29) is 17.7 Å². The van der Waals surface area contributed by atoms with E-state index in [1.54, 1.807) is 30.3 Å². The molecule has 5 rings (SSSR count). The van der Waals surface area contributed by atoms with Gasteiger partial charge >= 0.3 is 0 Å². The van der Waals surface area contributed by atoms with Crippen molar-refractivity contribution in [3.63, 3.8) is 0 Å².